The van der Waals surface area contributed by atoms with E-state index in [9.17, 15) is 0 Å². The molecule has 3 heteroatoms. The Labute approximate surface area is 117 Å². The first kappa shape index (κ1) is 14.7. The standard InChI is InChI=1S/C15H30N2S/c1-12(13-7-9-17(2)10-8-13)16-14-5-4-6-15(11-14)18-3/h12-16H,4-11H2,1-3H3. The largest absolute Gasteiger partial charge is 0.311 e. The highest BCUT2D eigenvalue weighted by atomic mass is 32.2. The number of rotatable bonds is 4. The lowest BCUT2D eigenvalue weighted by molar-refractivity contribution is 0.178. The maximum absolute atomic E-state index is 3.94. The lowest BCUT2D eigenvalue weighted by Gasteiger charge is -2.37. The van der Waals surface area contributed by atoms with Gasteiger partial charge in [0.15, 0.2) is 0 Å². The van der Waals surface area contributed by atoms with Gasteiger partial charge in [-0.15, -0.1) is 0 Å². The monoisotopic (exact) mass is 270 g/mol. The predicted molar refractivity (Wildman–Crippen MR) is 82.4 cm³/mol. The van der Waals surface area contributed by atoms with Crippen LogP contribution in [0.3, 0.4) is 0 Å². The molecule has 106 valence electrons. The van der Waals surface area contributed by atoms with Gasteiger partial charge in [-0.3, -0.25) is 0 Å². The Hall–Kier alpha value is 0.270. The first-order chi connectivity index (χ1) is 8.69. The van der Waals surface area contributed by atoms with Crippen molar-refractivity contribution in [2.24, 2.45) is 5.92 Å². The molecular weight excluding hydrogens is 240 g/mol. The van der Waals surface area contributed by atoms with Gasteiger partial charge in [0, 0.05) is 17.3 Å². The zero-order valence-electron chi connectivity index (χ0n) is 12.3. The van der Waals surface area contributed by atoms with Gasteiger partial charge < -0.3 is 10.2 Å². The Morgan fingerprint density at radius 3 is 2.56 bits per heavy atom. The van der Waals surface area contributed by atoms with Crippen LogP contribution in [0.25, 0.3) is 0 Å². The molecule has 0 bridgehead atoms. The SMILES string of the molecule is CSC1CCCC(NC(C)C2CCN(C)CC2)C1. The minimum Gasteiger partial charge on any atom is -0.311 e. The van der Waals surface area contributed by atoms with Gasteiger partial charge >= 0.3 is 0 Å². The molecule has 1 saturated heterocycles. The summed E-state index contributed by atoms with van der Waals surface area (Å²) in [5, 5.41) is 4.84. The van der Waals surface area contributed by atoms with Crippen molar-refractivity contribution in [3.05, 3.63) is 0 Å². The van der Waals surface area contributed by atoms with Crippen LogP contribution in [0.2, 0.25) is 0 Å². The van der Waals surface area contributed by atoms with E-state index in [4.69, 9.17) is 0 Å². The van der Waals surface area contributed by atoms with E-state index in [0.29, 0.717) is 6.04 Å². The number of thioether (sulfide) groups is 1. The maximum Gasteiger partial charge on any atom is 0.00801 e. The molecule has 2 aliphatic rings. The lowest BCUT2D eigenvalue weighted by atomic mass is 9.88. The van der Waals surface area contributed by atoms with Crippen molar-refractivity contribution < 1.29 is 0 Å². The van der Waals surface area contributed by atoms with E-state index in [-0.39, 0.29) is 0 Å². The molecule has 1 aliphatic carbocycles. The molecule has 1 aliphatic heterocycles. The van der Waals surface area contributed by atoms with Crippen molar-refractivity contribution in [2.45, 2.75) is 62.8 Å². The smallest absolute Gasteiger partial charge is 0.00801 e. The molecule has 1 heterocycles. The Bertz CT molecular complexity index is 239. The van der Waals surface area contributed by atoms with Crippen molar-refractivity contribution in [3.8, 4) is 0 Å². The maximum atomic E-state index is 3.94. The lowest BCUT2D eigenvalue weighted by Crippen LogP contribution is -2.46. The molecule has 2 fully saturated rings. The summed E-state index contributed by atoms with van der Waals surface area (Å²) in [6.45, 7) is 4.99. The van der Waals surface area contributed by atoms with E-state index < -0.39 is 0 Å². The second-order valence-electron chi connectivity index (χ2n) is 6.32. The predicted octanol–water partition coefficient (Wildman–Crippen LogP) is 2.98. The highest BCUT2D eigenvalue weighted by molar-refractivity contribution is 7.99. The minimum absolute atomic E-state index is 0.712. The molecule has 18 heavy (non-hydrogen) atoms. The molecule has 1 N–H and O–H groups in total. The first-order valence-electron chi connectivity index (χ1n) is 7.66. The Kier molecular flexibility index (Phi) is 5.84. The molecular formula is C15H30N2S. The van der Waals surface area contributed by atoms with Gasteiger partial charge in [-0.1, -0.05) is 6.42 Å². The van der Waals surface area contributed by atoms with Gasteiger partial charge in [0.2, 0.25) is 0 Å². The van der Waals surface area contributed by atoms with E-state index in [2.05, 4.69) is 42.2 Å². The van der Waals surface area contributed by atoms with Crippen LogP contribution in [0.15, 0.2) is 0 Å². The van der Waals surface area contributed by atoms with Crippen LogP contribution >= 0.6 is 11.8 Å². The van der Waals surface area contributed by atoms with E-state index in [1.165, 1.54) is 51.6 Å². The third kappa shape index (κ3) is 4.14. The van der Waals surface area contributed by atoms with E-state index in [1.807, 2.05) is 0 Å². The highest BCUT2D eigenvalue weighted by Gasteiger charge is 2.26. The van der Waals surface area contributed by atoms with Crippen molar-refractivity contribution in [1.82, 2.24) is 10.2 Å². The number of hydrogen-bond donors (Lipinski definition) is 1. The summed E-state index contributed by atoms with van der Waals surface area (Å²) < 4.78 is 0. The average Bonchev–Trinajstić information content (AvgIpc) is 2.39. The Morgan fingerprint density at radius 2 is 1.89 bits per heavy atom. The molecule has 0 spiro atoms. The highest BCUT2D eigenvalue weighted by Crippen LogP contribution is 2.28. The number of piperidine rings is 1. The number of nitrogens with zero attached hydrogens (tertiary/aromatic N) is 1. The third-order valence-corrected chi connectivity index (χ3v) is 6.02. The van der Waals surface area contributed by atoms with Crippen molar-refractivity contribution >= 4 is 11.8 Å². The number of likely N-dealkylation sites (tertiary alicyclic amines) is 1. The quantitative estimate of drug-likeness (QED) is 0.845. The molecule has 0 aromatic rings. The molecule has 0 aromatic heterocycles. The molecule has 3 unspecified atom stereocenters. The summed E-state index contributed by atoms with van der Waals surface area (Å²) in [6, 6.07) is 1.50. The molecule has 3 atom stereocenters. The molecule has 2 rings (SSSR count). The Balaban J connectivity index is 1.74. The van der Waals surface area contributed by atoms with Crippen molar-refractivity contribution in [2.75, 3.05) is 26.4 Å². The second-order valence-corrected chi connectivity index (χ2v) is 7.46. The molecule has 2 nitrogen and oxygen atoms in total. The fraction of sp³-hybridized carbons (Fsp3) is 1.00. The topological polar surface area (TPSA) is 15.3 Å². The van der Waals surface area contributed by atoms with Gasteiger partial charge in [0.1, 0.15) is 0 Å². The van der Waals surface area contributed by atoms with Crippen LogP contribution in [0, 0.1) is 5.92 Å². The Morgan fingerprint density at radius 1 is 1.17 bits per heavy atom. The molecule has 1 saturated carbocycles. The van der Waals surface area contributed by atoms with Gasteiger partial charge in [0.05, 0.1) is 0 Å². The summed E-state index contributed by atoms with van der Waals surface area (Å²) in [6.07, 6.45) is 10.7. The van der Waals surface area contributed by atoms with Crippen LogP contribution in [-0.4, -0.2) is 48.6 Å². The first-order valence-corrected chi connectivity index (χ1v) is 8.95. The van der Waals surface area contributed by atoms with Gasteiger partial charge in [0.25, 0.3) is 0 Å². The fourth-order valence-corrected chi connectivity index (χ4v) is 4.37. The van der Waals surface area contributed by atoms with E-state index >= 15 is 0 Å². The zero-order chi connectivity index (χ0) is 13.0. The summed E-state index contributed by atoms with van der Waals surface area (Å²) in [7, 11) is 2.25. The normalized spacial score (nSPS) is 33.5. The van der Waals surface area contributed by atoms with E-state index in [1.54, 1.807) is 0 Å². The van der Waals surface area contributed by atoms with Gasteiger partial charge in [-0.25, -0.2) is 0 Å². The average molecular weight is 270 g/mol. The molecule has 0 aromatic carbocycles. The molecule has 0 amide bonds. The van der Waals surface area contributed by atoms with Gasteiger partial charge in [-0.05, 0) is 71.3 Å². The van der Waals surface area contributed by atoms with Gasteiger partial charge in [-0.2, -0.15) is 11.8 Å². The van der Waals surface area contributed by atoms with Crippen LogP contribution in [0.5, 0.6) is 0 Å². The van der Waals surface area contributed by atoms with Crippen LogP contribution in [-0.2, 0) is 0 Å². The van der Waals surface area contributed by atoms with Crippen LogP contribution in [0.4, 0.5) is 0 Å². The fourth-order valence-electron chi connectivity index (χ4n) is 3.55. The number of nitrogens with one attached hydrogen (secondary N) is 1. The summed E-state index contributed by atoms with van der Waals surface area (Å²) in [4.78, 5) is 2.47. The van der Waals surface area contributed by atoms with Crippen molar-refractivity contribution in [1.29, 1.82) is 0 Å². The van der Waals surface area contributed by atoms with Crippen molar-refractivity contribution in [3.63, 3.8) is 0 Å². The van der Waals surface area contributed by atoms with E-state index in [0.717, 1.165) is 17.2 Å². The molecule has 0 radical (unpaired) electrons. The van der Waals surface area contributed by atoms with Crippen LogP contribution in [0.1, 0.15) is 45.4 Å². The summed E-state index contributed by atoms with van der Waals surface area (Å²) in [5.41, 5.74) is 0. The summed E-state index contributed by atoms with van der Waals surface area (Å²) in [5.74, 6) is 0.899. The zero-order valence-corrected chi connectivity index (χ0v) is 13.1. The second kappa shape index (κ2) is 7.16. The summed E-state index contributed by atoms with van der Waals surface area (Å²) >= 11 is 2.07. The van der Waals surface area contributed by atoms with Crippen LogP contribution < -0.4 is 5.32 Å². The third-order valence-electron chi connectivity index (χ3n) is 4.93. The number of hydrogen-bond acceptors (Lipinski definition) is 3. The minimum atomic E-state index is 0.712.